The van der Waals surface area contributed by atoms with Gasteiger partial charge in [-0.05, 0) is 33.1 Å². The third kappa shape index (κ3) is 4.49. The zero-order valence-corrected chi connectivity index (χ0v) is 15.8. The molecule has 2 aromatic rings. The van der Waals surface area contributed by atoms with Crippen molar-refractivity contribution in [3.05, 3.63) is 29.6 Å². The summed E-state index contributed by atoms with van der Waals surface area (Å²) in [5, 5.41) is 19.1. The van der Waals surface area contributed by atoms with Crippen LogP contribution in [0.25, 0.3) is 0 Å². The molecule has 2 heterocycles. The number of carbonyl (C=O) groups is 2. The second kappa shape index (κ2) is 8.41. The molecule has 2 aromatic heterocycles. The number of nitrogens with zero attached hydrogens (tertiary/aromatic N) is 3. The van der Waals surface area contributed by atoms with Crippen molar-refractivity contribution in [1.82, 2.24) is 20.1 Å². The van der Waals surface area contributed by atoms with Gasteiger partial charge < -0.3 is 19.7 Å². The Morgan fingerprint density at radius 3 is 2.93 bits per heavy atom. The van der Waals surface area contributed by atoms with E-state index in [4.69, 9.17) is 4.42 Å². The number of hydrogen-bond donors (Lipinski definition) is 3. The monoisotopic (exact) mass is 393 g/mol. The molecule has 1 aliphatic rings. The van der Waals surface area contributed by atoms with E-state index in [0.29, 0.717) is 30.3 Å². The maximum absolute atomic E-state index is 13.0. The highest BCUT2D eigenvalue weighted by Gasteiger charge is 2.35. The molecule has 152 valence electrons. The zero-order chi connectivity index (χ0) is 20.3. The van der Waals surface area contributed by atoms with Crippen molar-refractivity contribution in [2.75, 3.05) is 12.0 Å². The highest BCUT2D eigenvalue weighted by Crippen LogP contribution is 2.37. The van der Waals surface area contributed by atoms with E-state index >= 15 is 0 Å². The van der Waals surface area contributed by atoms with Gasteiger partial charge in [-0.15, -0.1) is 0 Å². The van der Waals surface area contributed by atoms with Gasteiger partial charge in [0.15, 0.2) is 5.82 Å². The van der Waals surface area contributed by atoms with E-state index in [0.717, 1.165) is 12.1 Å². The third-order valence-corrected chi connectivity index (χ3v) is 5.00. The van der Waals surface area contributed by atoms with E-state index in [1.54, 1.807) is 26.1 Å². The molecule has 0 saturated heterocycles. The fourth-order valence-electron chi connectivity index (χ4n) is 3.69. The summed E-state index contributed by atoms with van der Waals surface area (Å²) in [6, 6.07) is 0.842. The number of rotatable bonds is 7. The molecule has 0 spiro atoms. The molecule has 0 bridgehead atoms. The number of anilines is 1. The first-order chi connectivity index (χ1) is 13.4. The van der Waals surface area contributed by atoms with Crippen LogP contribution in [0.2, 0.25) is 0 Å². The molecule has 3 N–H and O–H groups in total. The quantitative estimate of drug-likeness (QED) is 0.664. The van der Waals surface area contributed by atoms with Crippen LogP contribution in [0.5, 0.6) is 0 Å². The van der Waals surface area contributed by atoms with Crippen molar-refractivity contribution in [2.24, 2.45) is 0 Å². The minimum atomic E-state index is -1.10. The summed E-state index contributed by atoms with van der Waals surface area (Å²) < 4.78 is 18.3. The highest BCUT2D eigenvalue weighted by molar-refractivity contribution is 5.90. The van der Waals surface area contributed by atoms with Crippen LogP contribution in [0.15, 0.2) is 16.7 Å². The maximum Gasteiger partial charge on any atom is 0.407 e. The van der Waals surface area contributed by atoms with Crippen molar-refractivity contribution in [1.29, 1.82) is 0 Å². The van der Waals surface area contributed by atoms with Crippen molar-refractivity contribution < 1.29 is 23.5 Å². The Morgan fingerprint density at radius 1 is 1.50 bits per heavy atom. The number of nitrogens with one attached hydrogen (secondary N) is 2. The largest absolute Gasteiger partial charge is 0.465 e. The van der Waals surface area contributed by atoms with Crippen molar-refractivity contribution in [3.63, 3.8) is 0 Å². The minimum absolute atomic E-state index is 0.0101. The van der Waals surface area contributed by atoms with Crippen molar-refractivity contribution in [3.8, 4) is 0 Å². The van der Waals surface area contributed by atoms with Gasteiger partial charge in [-0.2, -0.15) is 5.10 Å². The number of aryl methyl sites for hydroxylation is 1. The first kappa shape index (κ1) is 19.8. The van der Waals surface area contributed by atoms with Crippen LogP contribution in [0.3, 0.4) is 0 Å². The molecule has 1 fully saturated rings. The zero-order valence-electron chi connectivity index (χ0n) is 15.8. The number of aromatic nitrogens is 3. The lowest BCUT2D eigenvalue weighted by Crippen LogP contribution is -2.45. The molecule has 9 nitrogen and oxygen atoms in total. The van der Waals surface area contributed by atoms with E-state index in [1.165, 1.54) is 4.90 Å². The molecule has 1 saturated carbocycles. The van der Waals surface area contributed by atoms with Gasteiger partial charge in [0.1, 0.15) is 18.9 Å². The second-order valence-corrected chi connectivity index (χ2v) is 7.16. The lowest BCUT2D eigenvalue weighted by Gasteiger charge is -2.30. The Bertz CT molecular complexity index is 836. The van der Waals surface area contributed by atoms with Crippen LogP contribution < -0.4 is 5.32 Å². The molecule has 0 aliphatic heterocycles. The molecule has 3 atom stereocenters. The van der Waals surface area contributed by atoms with Crippen LogP contribution >= 0.6 is 0 Å². The molecule has 2 amide bonds. The molecular weight excluding hydrogens is 369 g/mol. The fourth-order valence-corrected chi connectivity index (χ4v) is 3.69. The highest BCUT2D eigenvalue weighted by atomic mass is 19.1. The van der Waals surface area contributed by atoms with Gasteiger partial charge in [-0.25, -0.2) is 14.2 Å². The number of amides is 2. The number of alkyl halides is 1. The average Bonchev–Trinajstić information content (AvgIpc) is 3.36. The first-order valence-corrected chi connectivity index (χ1v) is 9.21. The Labute approximate surface area is 161 Å². The molecular formula is C18H24FN5O4. The van der Waals surface area contributed by atoms with Gasteiger partial charge in [0.2, 0.25) is 11.8 Å². The second-order valence-electron chi connectivity index (χ2n) is 7.16. The van der Waals surface area contributed by atoms with E-state index in [2.05, 4.69) is 20.5 Å². The lowest BCUT2D eigenvalue weighted by atomic mass is 10.0. The van der Waals surface area contributed by atoms with E-state index < -0.39 is 18.8 Å². The molecule has 10 heteroatoms. The number of H-pyrrole nitrogens is 1. The topological polar surface area (TPSA) is 124 Å². The number of carboxylic acid groups (broad SMARTS) is 1. The third-order valence-electron chi connectivity index (χ3n) is 5.00. The summed E-state index contributed by atoms with van der Waals surface area (Å²) in [5.41, 5.74) is 0.822. The number of oxazole rings is 1. The Morgan fingerprint density at radius 2 is 2.29 bits per heavy atom. The lowest BCUT2D eigenvalue weighted by molar-refractivity contribution is -0.115. The average molecular weight is 393 g/mol. The number of hydrogen-bond acceptors (Lipinski definition) is 5. The van der Waals surface area contributed by atoms with Gasteiger partial charge in [-0.3, -0.25) is 9.89 Å². The molecule has 1 aliphatic carbocycles. The van der Waals surface area contributed by atoms with Crippen LogP contribution in [0.4, 0.5) is 15.0 Å². The number of carbonyl (C=O) groups excluding carboxylic acids is 1. The van der Waals surface area contributed by atoms with Gasteiger partial charge in [0.05, 0.1) is 12.2 Å². The first-order valence-electron chi connectivity index (χ1n) is 9.21. The van der Waals surface area contributed by atoms with E-state index in [-0.39, 0.29) is 24.3 Å². The Kier molecular flexibility index (Phi) is 5.96. The van der Waals surface area contributed by atoms with Crippen LogP contribution in [0, 0.1) is 6.92 Å². The Balaban J connectivity index is 1.58. The van der Waals surface area contributed by atoms with Crippen LogP contribution in [-0.2, 0) is 11.2 Å². The van der Waals surface area contributed by atoms with E-state index in [1.807, 2.05) is 0 Å². The molecule has 28 heavy (non-hydrogen) atoms. The predicted octanol–water partition coefficient (Wildman–Crippen LogP) is 2.86. The van der Waals surface area contributed by atoms with Gasteiger partial charge in [-0.1, -0.05) is 0 Å². The summed E-state index contributed by atoms with van der Waals surface area (Å²) >= 11 is 0. The van der Waals surface area contributed by atoms with Crippen molar-refractivity contribution >= 4 is 17.8 Å². The predicted molar refractivity (Wildman–Crippen MR) is 97.8 cm³/mol. The normalized spacial score (nSPS) is 20.1. The standard InChI is InChI=1S/C18H24FN5O4/c1-10(8-19)24(18(26)27)13-4-3-12(5-13)14-6-15(23-22-14)21-16(25)7-17-20-9-11(2)28-17/h6,9-10,12-13H,3-5,7-8H2,1-2H3,(H,26,27)(H2,21,22,23,25)/t10-,12?,13?/m0/s1. The summed E-state index contributed by atoms with van der Waals surface area (Å²) in [5.74, 6) is 1.14. The molecule has 3 rings (SSSR count). The van der Waals surface area contributed by atoms with Crippen LogP contribution in [-0.4, -0.2) is 55.9 Å². The van der Waals surface area contributed by atoms with E-state index in [9.17, 15) is 19.1 Å². The fraction of sp³-hybridized carbons (Fsp3) is 0.556. The van der Waals surface area contributed by atoms with Gasteiger partial charge in [0, 0.05) is 23.7 Å². The molecule has 0 aromatic carbocycles. The summed E-state index contributed by atoms with van der Waals surface area (Å²) in [6.45, 7) is 2.61. The summed E-state index contributed by atoms with van der Waals surface area (Å²) in [7, 11) is 0. The molecule has 0 radical (unpaired) electrons. The Hall–Kier alpha value is -2.91. The molecule has 2 unspecified atom stereocenters. The minimum Gasteiger partial charge on any atom is -0.465 e. The van der Waals surface area contributed by atoms with Gasteiger partial charge >= 0.3 is 6.09 Å². The summed E-state index contributed by atoms with van der Waals surface area (Å²) in [6.07, 6.45) is 2.47. The maximum atomic E-state index is 13.0. The van der Waals surface area contributed by atoms with Crippen molar-refractivity contribution in [2.45, 2.75) is 57.5 Å². The number of halogens is 1. The van der Waals surface area contributed by atoms with Crippen LogP contribution in [0.1, 0.15) is 49.4 Å². The number of aromatic amines is 1. The van der Waals surface area contributed by atoms with Gasteiger partial charge in [0.25, 0.3) is 0 Å². The smallest absolute Gasteiger partial charge is 0.407 e. The summed E-state index contributed by atoms with van der Waals surface area (Å²) in [4.78, 5) is 28.8. The SMILES string of the molecule is Cc1cnc(CC(=O)Nc2cc(C3CCC(N(C(=O)O)[C@@H](C)CF)C3)[nH]n2)o1.